The number of nitrogens with zero attached hydrogens (tertiary/aromatic N) is 1. The number of halogens is 1. The number of H-pyrrole nitrogens is 1. The maximum absolute atomic E-state index is 12.9. The van der Waals surface area contributed by atoms with Crippen molar-refractivity contribution in [2.24, 2.45) is 0 Å². The molecule has 168 valence electrons. The second-order valence-electron chi connectivity index (χ2n) is 7.33. The van der Waals surface area contributed by atoms with E-state index in [1.54, 1.807) is 6.92 Å². The van der Waals surface area contributed by atoms with Gasteiger partial charge in [0.05, 0.1) is 23.8 Å². The molecule has 4 rings (SSSR count). The maximum atomic E-state index is 12.9. The Kier molecular flexibility index (Phi) is 6.34. The van der Waals surface area contributed by atoms with Gasteiger partial charge in [0.15, 0.2) is 6.61 Å². The fourth-order valence-corrected chi connectivity index (χ4v) is 5.58. The van der Waals surface area contributed by atoms with Crippen molar-refractivity contribution in [1.82, 2.24) is 9.29 Å². The van der Waals surface area contributed by atoms with Crippen molar-refractivity contribution in [3.05, 3.63) is 64.3 Å². The third-order valence-electron chi connectivity index (χ3n) is 5.26. The minimum atomic E-state index is -3.90. The number of hydrogen-bond donors (Lipinski definition) is 1. The molecule has 0 radical (unpaired) electrons. The lowest BCUT2D eigenvalue weighted by Crippen LogP contribution is -2.40. The van der Waals surface area contributed by atoms with E-state index in [-0.39, 0.29) is 47.6 Å². The highest BCUT2D eigenvalue weighted by molar-refractivity contribution is 7.89. The van der Waals surface area contributed by atoms with Gasteiger partial charge >= 0.3 is 5.97 Å². The van der Waals surface area contributed by atoms with Crippen LogP contribution in [0.3, 0.4) is 0 Å². The van der Waals surface area contributed by atoms with Crippen LogP contribution >= 0.6 is 11.6 Å². The number of ether oxygens (including phenoxy) is 2. The molecule has 1 aliphatic rings. The van der Waals surface area contributed by atoms with E-state index in [0.717, 1.165) is 10.9 Å². The number of hydrogen-bond acceptors (Lipinski definition) is 6. The minimum absolute atomic E-state index is 0.00136. The van der Waals surface area contributed by atoms with Gasteiger partial charge in [-0.3, -0.25) is 4.79 Å². The fourth-order valence-electron chi connectivity index (χ4n) is 3.68. The Balaban J connectivity index is 1.52. The van der Waals surface area contributed by atoms with Gasteiger partial charge < -0.3 is 14.5 Å². The van der Waals surface area contributed by atoms with E-state index in [1.807, 2.05) is 24.3 Å². The molecule has 1 fully saturated rings. The van der Waals surface area contributed by atoms with Crippen molar-refractivity contribution in [2.75, 3.05) is 32.9 Å². The van der Waals surface area contributed by atoms with E-state index in [1.165, 1.54) is 22.5 Å². The molecular weight excluding hydrogens is 456 g/mol. The molecule has 0 saturated carbocycles. The molecule has 0 aliphatic carbocycles. The lowest BCUT2D eigenvalue weighted by atomic mass is 10.1. The summed E-state index contributed by atoms with van der Waals surface area (Å²) in [6, 6.07) is 11.2. The van der Waals surface area contributed by atoms with Crippen molar-refractivity contribution >= 4 is 44.3 Å². The standard InChI is InChI=1S/C22H21ClN2O6S/c1-14-21(16-4-2-3-5-18(16)24-14)19(26)13-31-22(27)15-6-7-17(23)20(12-15)32(28,29)25-8-10-30-11-9-25/h2-7,12,24H,8-11,13H2,1H3. The fraction of sp³-hybridized carbons (Fsp3) is 0.273. The number of sulfonamides is 1. The number of carbonyl (C=O) groups is 2. The predicted octanol–water partition coefficient (Wildman–Crippen LogP) is 3.19. The Morgan fingerprint density at radius 2 is 1.88 bits per heavy atom. The van der Waals surface area contributed by atoms with E-state index in [4.69, 9.17) is 21.1 Å². The zero-order valence-corrected chi connectivity index (χ0v) is 18.8. The summed E-state index contributed by atoms with van der Waals surface area (Å²) in [6.07, 6.45) is 0. The lowest BCUT2D eigenvalue weighted by molar-refractivity contribution is 0.0474. The van der Waals surface area contributed by atoms with Crippen LogP contribution < -0.4 is 0 Å². The van der Waals surface area contributed by atoms with E-state index in [0.29, 0.717) is 11.3 Å². The van der Waals surface area contributed by atoms with Crippen LogP contribution in [0.1, 0.15) is 26.4 Å². The summed E-state index contributed by atoms with van der Waals surface area (Å²) < 4.78 is 37.5. The molecule has 8 nitrogen and oxygen atoms in total. The molecule has 1 saturated heterocycles. The Hall–Kier alpha value is -2.72. The Morgan fingerprint density at radius 1 is 1.16 bits per heavy atom. The quantitative estimate of drug-likeness (QED) is 0.432. The molecule has 1 aromatic heterocycles. The SMILES string of the molecule is Cc1[nH]c2ccccc2c1C(=O)COC(=O)c1ccc(Cl)c(S(=O)(=O)N2CCOCC2)c1. The van der Waals surface area contributed by atoms with Crippen LogP contribution in [0, 0.1) is 6.92 Å². The van der Waals surface area contributed by atoms with Crippen LogP contribution in [0.25, 0.3) is 10.9 Å². The van der Waals surface area contributed by atoms with E-state index in [9.17, 15) is 18.0 Å². The maximum Gasteiger partial charge on any atom is 0.338 e. The highest BCUT2D eigenvalue weighted by Gasteiger charge is 2.29. The van der Waals surface area contributed by atoms with Crippen LogP contribution in [0.4, 0.5) is 0 Å². The molecule has 0 atom stereocenters. The molecule has 1 aliphatic heterocycles. The summed E-state index contributed by atoms with van der Waals surface area (Å²) in [5.41, 5.74) is 1.94. The molecular formula is C22H21ClN2O6S. The largest absolute Gasteiger partial charge is 0.454 e. The van der Waals surface area contributed by atoms with E-state index in [2.05, 4.69) is 4.98 Å². The Labute approximate surface area is 190 Å². The van der Waals surface area contributed by atoms with Gasteiger partial charge in [-0.1, -0.05) is 29.8 Å². The number of rotatable bonds is 6. The number of fused-ring (bicyclic) bond motifs is 1. The van der Waals surface area contributed by atoms with Crippen LogP contribution in [0.2, 0.25) is 5.02 Å². The minimum Gasteiger partial charge on any atom is -0.454 e. The third-order valence-corrected chi connectivity index (χ3v) is 7.64. The number of ketones is 1. The molecule has 0 amide bonds. The summed E-state index contributed by atoms with van der Waals surface area (Å²) in [5.74, 6) is -1.17. The second-order valence-corrected chi connectivity index (χ2v) is 9.65. The molecule has 10 heteroatoms. The Bertz CT molecular complexity index is 1290. The molecule has 0 bridgehead atoms. The number of benzene rings is 2. The predicted molar refractivity (Wildman–Crippen MR) is 119 cm³/mol. The van der Waals surface area contributed by atoms with Crippen LogP contribution in [0.5, 0.6) is 0 Å². The van der Waals surface area contributed by atoms with Crippen molar-refractivity contribution in [3.8, 4) is 0 Å². The normalized spacial score (nSPS) is 15.1. The smallest absolute Gasteiger partial charge is 0.338 e. The molecule has 0 unspecified atom stereocenters. The van der Waals surface area contributed by atoms with Crippen LogP contribution in [-0.2, 0) is 19.5 Å². The summed E-state index contributed by atoms with van der Waals surface area (Å²) in [6.45, 7) is 2.27. The first-order valence-corrected chi connectivity index (χ1v) is 11.8. The average Bonchev–Trinajstić information content (AvgIpc) is 3.13. The monoisotopic (exact) mass is 476 g/mol. The number of para-hydroxylation sites is 1. The zero-order valence-electron chi connectivity index (χ0n) is 17.3. The Morgan fingerprint density at radius 3 is 2.62 bits per heavy atom. The average molecular weight is 477 g/mol. The van der Waals surface area contributed by atoms with E-state index >= 15 is 0 Å². The van der Waals surface area contributed by atoms with Crippen LogP contribution in [-0.4, -0.2) is 62.4 Å². The molecule has 0 spiro atoms. The second kappa shape index (κ2) is 9.03. The number of aromatic amines is 1. The van der Waals surface area contributed by atoms with Gasteiger partial charge in [-0.15, -0.1) is 0 Å². The highest BCUT2D eigenvalue weighted by Crippen LogP contribution is 2.27. The number of morpholine rings is 1. The van der Waals surface area contributed by atoms with Gasteiger partial charge in [0.25, 0.3) is 0 Å². The number of aromatic nitrogens is 1. The highest BCUT2D eigenvalue weighted by atomic mass is 35.5. The number of nitrogens with one attached hydrogen (secondary N) is 1. The lowest BCUT2D eigenvalue weighted by Gasteiger charge is -2.26. The third kappa shape index (κ3) is 4.29. The number of Topliss-reactive ketones (excluding diaryl/α,β-unsaturated/α-hetero) is 1. The van der Waals surface area contributed by atoms with Crippen molar-refractivity contribution in [3.63, 3.8) is 0 Å². The van der Waals surface area contributed by atoms with Crippen molar-refractivity contribution < 1.29 is 27.5 Å². The molecule has 2 heterocycles. The van der Waals surface area contributed by atoms with Gasteiger partial charge in [-0.2, -0.15) is 4.31 Å². The van der Waals surface area contributed by atoms with Gasteiger partial charge in [0.1, 0.15) is 4.90 Å². The summed E-state index contributed by atoms with van der Waals surface area (Å²) in [5, 5.41) is 0.745. The molecule has 2 aromatic carbocycles. The molecule has 1 N–H and O–H groups in total. The van der Waals surface area contributed by atoms with Crippen molar-refractivity contribution in [2.45, 2.75) is 11.8 Å². The zero-order chi connectivity index (χ0) is 22.9. The van der Waals surface area contributed by atoms with Gasteiger partial charge in [0, 0.05) is 35.2 Å². The van der Waals surface area contributed by atoms with Crippen molar-refractivity contribution in [1.29, 1.82) is 0 Å². The van der Waals surface area contributed by atoms with Gasteiger partial charge in [-0.25, -0.2) is 13.2 Å². The number of aryl methyl sites for hydroxylation is 1. The summed E-state index contributed by atoms with van der Waals surface area (Å²) in [4.78, 5) is 28.3. The first-order valence-electron chi connectivity index (χ1n) is 9.94. The number of carbonyl (C=O) groups excluding carboxylic acids is 2. The topological polar surface area (TPSA) is 106 Å². The van der Waals surface area contributed by atoms with E-state index < -0.39 is 22.6 Å². The molecule has 3 aromatic rings. The first-order chi connectivity index (χ1) is 15.3. The van der Waals surface area contributed by atoms with Gasteiger partial charge in [-0.05, 0) is 31.2 Å². The number of esters is 1. The first kappa shape index (κ1) is 22.5. The van der Waals surface area contributed by atoms with Crippen LogP contribution in [0.15, 0.2) is 47.4 Å². The molecule has 32 heavy (non-hydrogen) atoms. The summed E-state index contributed by atoms with van der Waals surface area (Å²) in [7, 11) is -3.90. The van der Waals surface area contributed by atoms with Gasteiger partial charge in [0.2, 0.25) is 15.8 Å². The summed E-state index contributed by atoms with van der Waals surface area (Å²) >= 11 is 6.13.